The van der Waals surface area contributed by atoms with Crippen molar-refractivity contribution >= 4 is 5.91 Å². The van der Waals surface area contributed by atoms with E-state index in [1.165, 1.54) is 12.8 Å². The molecule has 2 atom stereocenters. The predicted octanol–water partition coefficient (Wildman–Crippen LogP) is 1.40. The molecule has 2 aliphatic rings. The van der Waals surface area contributed by atoms with E-state index >= 15 is 0 Å². The molecular formula is C14H26N2O2. The molecule has 1 amide bonds. The standard InChI is InChI=1S/C14H26N2O2/c1-11-9-18-10-12(2)16(11)14(17)4-3-13-5-7-15-8-6-13/h11-13,15H,3-10H2,1-2H3. The molecule has 18 heavy (non-hydrogen) atoms. The van der Waals surface area contributed by atoms with Crippen molar-refractivity contribution < 1.29 is 9.53 Å². The topological polar surface area (TPSA) is 41.6 Å². The molecule has 0 aromatic carbocycles. The van der Waals surface area contributed by atoms with Crippen LogP contribution in [-0.2, 0) is 9.53 Å². The van der Waals surface area contributed by atoms with Gasteiger partial charge in [0.2, 0.25) is 5.91 Å². The average molecular weight is 254 g/mol. The minimum absolute atomic E-state index is 0.231. The monoisotopic (exact) mass is 254 g/mol. The summed E-state index contributed by atoms with van der Waals surface area (Å²) in [4.78, 5) is 14.3. The van der Waals surface area contributed by atoms with E-state index < -0.39 is 0 Å². The number of nitrogens with zero attached hydrogens (tertiary/aromatic N) is 1. The molecule has 4 nitrogen and oxygen atoms in total. The second-order valence-corrected chi connectivity index (χ2v) is 5.77. The van der Waals surface area contributed by atoms with Gasteiger partial charge in [0, 0.05) is 6.42 Å². The van der Waals surface area contributed by atoms with Gasteiger partial charge in [-0.3, -0.25) is 4.79 Å². The van der Waals surface area contributed by atoms with Crippen LogP contribution >= 0.6 is 0 Å². The molecule has 0 radical (unpaired) electrons. The van der Waals surface area contributed by atoms with E-state index in [2.05, 4.69) is 19.2 Å². The van der Waals surface area contributed by atoms with Gasteiger partial charge in [-0.25, -0.2) is 0 Å². The normalized spacial score (nSPS) is 30.4. The van der Waals surface area contributed by atoms with Crippen LogP contribution in [0.3, 0.4) is 0 Å². The van der Waals surface area contributed by atoms with Gasteiger partial charge < -0.3 is 15.0 Å². The van der Waals surface area contributed by atoms with E-state index in [4.69, 9.17) is 4.74 Å². The summed E-state index contributed by atoms with van der Waals surface area (Å²) >= 11 is 0. The molecule has 104 valence electrons. The molecule has 4 heteroatoms. The van der Waals surface area contributed by atoms with Crippen LogP contribution in [0.1, 0.15) is 39.5 Å². The maximum absolute atomic E-state index is 12.3. The quantitative estimate of drug-likeness (QED) is 0.828. The number of carbonyl (C=O) groups is 1. The van der Waals surface area contributed by atoms with Gasteiger partial charge in [0.15, 0.2) is 0 Å². The Morgan fingerprint density at radius 3 is 2.44 bits per heavy atom. The summed E-state index contributed by atoms with van der Waals surface area (Å²) in [6, 6.07) is 0.462. The zero-order valence-corrected chi connectivity index (χ0v) is 11.7. The van der Waals surface area contributed by atoms with Gasteiger partial charge in [0.25, 0.3) is 0 Å². The Balaban J connectivity index is 1.79. The molecule has 2 heterocycles. The number of amides is 1. The second-order valence-electron chi connectivity index (χ2n) is 5.77. The molecule has 1 N–H and O–H groups in total. The minimum atomic E-state index is 0.231. The summed E-state index contributed by atoms with van der Waals surface area (Å²) in [6.07, 6.45) is 4.21. The number of rotatable bonds is 3. The molecule has 0 saturated carbocycles. The highest BCUT2D eigenvalue weighted by Gasteiger charge is 2.29. The number of ether oxygens (including phenoxy) is 1. The fourth-order valence-electron chi connectivity index (χ4n) is 3.12. The lowest BCUT2D eigenvalue weighted by molar-refractivity contribution is -0.144. The highest BCUT2D eigenvalue weighted by Crippen LogP contribution is 2.21. The first kappa shape index (κ1) is 13.8. The van der Waals surface area contributed by atoms with Gasteiger partial charge in [-0.1, -0.05) is 0 Å². The summed E-state index contributed by atoms with van der Waals surface area (Å²) in [5.41, 5.74) is 0. The summed E-state index contributed by atoms with van der Waals surface area (Å²) in [5, 5.41) is 3.37. The van der Waals surface area contributed by atoms with E-state index in [0.717, 1.165) is 25.4 Å². The van der Waals surface area contributed by atoms with Crippen molar-refractivity contribution in [2.75, 3.05) is 26.3 Å². The largest absolute Gasteiger partial charge is 0.377 e. The van der Waals surface area contributed by atoms with Gasteiger partial charge in [0.1, 0.15) is 0 Å². The Hall–Kier alpha value is -0.610. The van der Waals surface area contributed by atoms with Gasteiger partial charge in [-0.05, 0) is 52.1 Å². The zero-order chi connectivity index (χ0) is 13.0. The SMILES string of the molecule is CC1COCC(C)N1C(=O)CCC1CCNCC1. The van der Waals surface area contributed by atoms with Crippen LogP contribution in [0, 0.1) is 5.92 Å². The van der Waals surface area contributed by atoms with Crippen LogP contribution in [0.25, 0.3) is 0 Å². The number of hydrogen-bond donors (Lipinski definition) is 1. The third kappa shape index (κ3) is 3.45. The first-order valence-corrected chi connectivity index (χ1v) is 7.28. The van der Waals surface area contributed by atoms with Crippen molar-refractivity contribution in [3.63, 3.8) is 0 Å². The summed E-state index contributed by atoms with van der Waals surface area (Å²) in [7, 11) is 0. The fourth-order valence-corrected chi connectivity index (χ4v) is 3.12. The molecule has 2 saturated heterocycles. The van der Waals surface area contributed by atoms with E-state index in [1.807, 2.05) is 4.90 Å². The summed E-state index contributed by atoms with van der Waals surface area (Å²) in [5.74, 6) is 1.05. The average Bonchev–Trinajstić information content (AvgIpc) is 2.37. The number of morpholine rings is 1. The molecule has 2 rings (SSSR count). The Morgan fingerprint density at radius 1 is 1.22 bits per heavy atom. The van der Waals surface area contributed by atoms with Crippen molar-refractivity contribution in [1.82, 2.24) is 10.2 Å². The van der Waals surface area contributed by atoms with Crippen LogP contribution in [-0.4, -0.2) is 49.2 Å². The molecule has 2 fully saturated rings. The third-order valence-electron chi connectivity index (χ3n) is 4.18. The van der Waals surface area contributed by atoms with Crippen molar-refractivity contribution in [2.24, 2.45) is 5.92 Å². The Morgan fingerprint density at radius 2 is 1.83 bits per heavy atom. The number of carbonyl (C=O) groups excluding carboxylic acids is 1. The minimum Gasteiger partial charge on any atom is -0.377 e. The van der Waals surface area contributed by atoms with Crippen LogP contribution < -0.4 is 5.32 Å². The maximum Gasteiger partial charge on any atom is 0.223 e. The van der Waals surface area contributed by atoms with E-state index in [9.17, 15) is 4.79 Å². The number of hydrogen-bond acceptors (Lipinski definition) is 3. The zero-order valence-electron chi connectivity index (χ0n) is 11.7. The molecular weight excluding hydrogens is 228 g/mol. The highest BCUT2D eigenvalue weighted by molar-refractivity contribution is 5.77. The van der Waals surface area contributed by atoms with Crippen LogP contribution in [0.4, 0.5) is 0 Å². The molecule has 0 bridgehead atoms. The van der Waals surface area contributed by atoms with E-state index in [-0.39, 0.29) is 12.1 Å². The van der Waals surface area contributed by atoms with Crippen molar-refractivity contribution in [2.45, 2.75) is 51.6 Å². The molecule has 2 aliphatic heterocycles. The van der Waals surface area contributed by atoms with Crippen molar-refractivity contribution in [3.05, 3.63) is 0 Å². The maximum atomic E-state index is 12.3. The molecule has 2 unspecified atom stereocenters. The second kappa shape index (κ2) is 6.53. The lowest BCUT2D eigenvalue weighted by atomic mass is 9.92. The van der Waals surface area contributed by atoms with Gasteiger partial charge in [-0.15, -0.1) is 0 Å². The van der Waals surface area contributed by atoms with Crippen LogP contribution in [0.2, 0.25) is 0 Å². The smallest absolute Gasteiger partial charge is 0.223 e. The number of piperidine rings is 1. The Labute approximate surface area is 110 Å². The first-order valence-electron chi connectivity index (χ1n) is 7.28. The van der Waals surface area contributed by atoms with Gasteiger partial charge in [0.05, 0.1) is 25.3 Å². The van der Waals surface area contributed by atoms with Crippen molar-refractivity contribution in [1.29, 1.82) is 0 Å². The molecule has 0 aromatic rings. The summed E-state index contributed by atoms with van der Waals surface area (Å²) < 4.78 is 5.47. The Kier molecular flexibility index (Phi) is 5.01. The van der Waals surface area contributed by atoms with Crippen molar-refractivity contribution in [3.8, 4) is 0 Å². The van der Waals surface area contributed by atoms with Crippen LogP contribution in [0.15, 0.2) is 0 Å². The molecule has 0 aromatic heterocycles. The number of nitrogens with one attached hydrogen (secondary N) is 1. The lowest BCUT2D eigenvalue weighted by Crippen LogP contribution is -2.52. The fraction of sp³-hybridized carbons (Fsp3) is 0.929. The highest BCUT2D eigenvalue weighted by atomic mass is 16.5. The predicted molar refractivity (Wildman–Crippen MR) is 71.4 cm³/mol. The first-order chi connectivity index (χ1) is 8.68. The lowest BCUT2D eigenvalue weighted by Gasteiger charge is -2.39. The molecule has 0 aliphatic carbocycles. The van der Waals surface area contributed by atoms with Gasteiger partial charge in [-0.2, -0.15) is 0 Å². The summed E-state index contributed by atoms with van der Waals surface area (Å²) in [6.45, 7) is 7.76. The van der Waals surface area contributed by atoms with Crippen LogP contribution in [0.5, 0.6) is 0 Å². The third-order valence-corrected chi connectivity index (χ3v) is 4.18. The van der Waals surface area contributed by atoms with Gasteiger partial charge >= 0.3 is 0 Å². The Bertz CT molecular complexity index is 267. The molecule has 0 spiro atoms. The van der Waals surface area contributed by atoms with E-state index in [0.29, 0.717) is 25.5 Å². The van der Waals surface area contributed by atoms with E-state index in [1.54, 1.807) is 0 Å².